The Hall–Kier alpha value is -3.35. The molecule has 0 aliphatic carbocycles. The third-order valence-corrected chi connectivity index (χ3v) is 3.62. The molecular formula is C19H16F2N4O. The molecule has 5 nitrogen and oxygen atoms in total. The number of anilines is 2. The fraction of sp³-hybridized carbons (Fsp3) is 0.105. The van der Waals surface area contributed by atoms with Gasteiger partial charge in [-0.25, -0.2) is 18.7 Å². The lowest BCUT2D eigenvalue weighted by Crippen LogP contribution is -2.13. The third-order valence-electron chi connectivity index (χ3n) is 3.62. The number of amides is 1. The van der Waals surface area contributed by atoms with Crippen molar-refractivity contribution in [2.75, 3.05) is 10.6 Å². The highest BCUT2D eigenvalue weighted by atomic mass is 19.2. The van der Waals surface area contributed by atoms with E-state index in [1.807, 2.05) is 25.1 Å². The molecule has 2 N–H and O–H groups in total. The second-order valence-electron chi connectivity index (χ2n) is 5.72. The van der Waals surface area contributed by atoms with Gasteiger partial charge in [0.25, 0.3) is 5.91 Å². The van der Waals surface area contributed by atoms with E-state index in [9.17, 15) is 13.6 Å². The number of rotatable bonds is 5. The van der Waals surface area contributed by atoms with Gasteiger partial charge in [-0.15, -0.1) is 0 Å². The summed E-state index contributed by atoms with van der Waals surface area (Å²) in [7, 11) is 0. The first-order valence-electron chi connectivity index (χ1n) is 7.89. The Labute approximate surface area is 149 Å². The fourth-order valence-electron chi connectivity index (χ4n) is 2.32. The van der Waals surface area contributed by atoms with Crippen molar-refractivity contribution in [3.8, 4) is 0 Å². The topological polar surface area (TPSA) is 66.9 Å². The first-order chi connectivity index (χ1) is 12.5. The fourth-order valence-corrected chi connectivity index (χ4v) is 2.32. The second-order valence-corrected chi connectivity index (χ2v) is 5.72. The minimum Gasteiger partial charge on any atom is -0.350 e. The van der Waals surface area contributed by atoms with Crippen LogP contribution in [0.15, 0.2) is 54.9 Å². The van der Waals surface area contributed by atoms with E-state index in [4.69, 9.17) is 0 Å². The second kappa shape index (κ2) is 7.69. The summed E-state index contributed by atoms with van der Waals surface area (Å²) in [6.07, 6.45) is 2.72. The Morgan fingerprint density at radius 2 is 1.81 bits per heavy atom. The zero-order valence-corrected chi connectivity index (χ0v) is 14.0. The molecule has 3 aromatic rings. The van der Waals surface area contributed by atoms with E-state index < -0.39 is 17.5 Å². The van der Waals surface area contributed by atoms with Gasteiger partial charge in [0.05, 0.1) is 5.56 Å². The molecule has 2 aromatic carbocycles. The predicted octanol–water partition coefficient (Wildman–Crippen LogP) is 3.93. The van der Waals surface area contributed by atoms with Gasteiger partial charge in [0.2, 0.25) is 5.95 Å². The summed E-state index contributed by atoms with van der Waals surface area (Å²) >= 11 is 0. The van der Waals surface area contributed by atoms with Gasteiger partial charge in [-0.3, -0.25) is 4.79 Å². The van der Waals surface area contributed by atoms with E-state index in [-0.39, 0.29) is 11.3 Å². The van der Waals surface area contributed by atoms with Crippen LogP contribution in [-0.4, -0.2) is 15.9 Å². The van der Waals surface area contributed by atoms with E-state index >= 15 is 0 Å². The number of halogens is 2. The number of hydrogen-bond acceptors (Lipinski definition) is 4. The van der Waals surface area contributed by atoms with Gasteiger partial charge in [0.1, 0.15) is 0 Å². The van der Waals surface area contributed by atoms with Crippen LogP contribution in [0.25, 0.3) is 0 Å². The molecule has 0 bridgehead atoms. The van der Waals surface area contributed by atoms with Crippen LogP contribution in [0.2, 0.25) is 0 Å². The van der Waals surface area contributed by atoms with Crippen LogP contribution in [0.5, 0.6) is 0 Å². The Morgan fingerprint density at radius 3 is 2.50 bits per heavy atom. The molecule has 3 rings (SSSR count). The normalized spacial score (nSPS) is 10.4. The summed E-state index contributed by atoms with van der Waals surface area (Å²) in [5.41, 5.74) is 2.61. The lowest BCUT2D eigenvalue weighted by Gasteiger charge is -2.07. The van der Waals surface area contributed by atoms with E-state index in [1.54, 1.807) is 0 Å². The summed E-state index contributed by atoms with van der Waals surface area (Å²) in [5.74, 6) is -2.14. The lowest BCUT2D eigenvalue weighted by molar-refractivity contribution is 0.102. The van der Waals surface area contributed by atoms with Crippen molar-refractivity contribution < 1.29 is 13.6 Å². The van der Waals surface area contributed by atoms with Crippen LogP contribution in [0.4, 0.5) is 20.4 Å². The van der Waals surface area contributed by atoms with Crippen LogP contribution < -0.4 is 10.6 Å². The minimum atomic E-state index is -1.03. The summed E-state index contributed by atoms with van der Waals surface area (Å²) in [4.78, 5) is 20.3. The lowest BCUT2D eigenvalue weighted by atomic mass is 10.1. The Balaban J connectivity index is 1.61. The summed E-state index contributed by atoms with van der Waals surface area (Å²) in [5, 5.41) is 5.54. The van der Waals surface area contributed by atoms with Crippen molar-refractivity contribution in [1.82, 2.24) is 9.97 Å². The number of nitrogens with one attached hydrogen (secondary N) is 2. The molecule has 7 heteroatoms. The van der Waals surface area contributed by atoms with Gasteiger partial charge in [-0.05, 0) is 24.6 Å². The molecule has 0 aliphatic heterocycles. The van der Waals surface area contributed by atoms with Crippen LogP contribution in [0, 0.1) is 18.6 Å². The Kier molecular flexibility index (Phi) is 5.17. The van der Waals surface area contributed by atoms with Crippen molar-refractivity contribution in [2.24, 2.45) is 0 Å². The van der Waals surface area contributed by atoms with Gasteiger partial charge < -0.3 is 10.6 Å². The SMILES string of the molecule is Cc1cccc(CNc2ncc(C(=O)Nc3ccc(F)c(F)c3)cn2)c1. The highest BCUT2D eigenvalue weighted by molar-refractivity contribution is 6.03. The van der Waals surface area contributed by atoms with Crippen molar-refractivity contribution in [3.05, 3.63) is 83.2 Å². The van der Waals surface area contributed by atoms with Gasteiger partial charge in [-0.2, -0.15) is 0 Å². The van der Waals surface area contributed by atoms with Crippen LogP contribution >= 0.6 is 0 Å². The largest absolute Gasteiger partial charge is 0.350 e. The molecule has 1 heterocycles. The molecule has 0 saturated carbocycles. The van der Waals surface area contributed by atoms with E-state index in [0.29, 0.717) is 12.5 Å². The molecule has 0 spiro atoms. The average molecular weight is 354 g/mol. The molecule has 0 atom stereocenters. The van der Waals surface area contributed by atoms with Crippen molar-refractivity contribution in [2.45, 2.75) is 13.5 Å². The molecular weight excluding hydrogens is 338 g/mol. The van der Waals surface area contributed by atoms with E-state index in [0.717, 1.165) is 23.3 Å². The molecule has 0 unspecified atom stereocenters. The van der Waals surface area contributed by atoms with E-state index in [2.05, 4.69) is 26.7 Å². The first kappa shape index (κ1) is 17.5. The first-order valence-corrected chi connectivity index (χ1v) is 7.89. The zero-order chi connectivity index (χ0) is 18.5. The molecule has 0 aliphatic rings. The van der Waals surface area contributed by atoms with Gasteiger partial charge >= 0.3 is 0 Å². The quantitative estimate of drug-likeness (QED) is 0.729. The highest BCUT2D eigenvalue weighted by Gasteiger charge is 2.10. The number of benzene rings is 2. The average Bonchev–Trinajstić information content (AvgIpc) is 2.63. The monoisotopic (exact) mass is 354 g/mol. The van der Waals surface area contributed by atoms with Crippen molar-refractivity contribution in [3.63, 3.8) is 0 Å². The van der Waals surface area contributed by atoms with Crippen LogP contribution in [0.3, 0.4) is 0 Å². The molecule has 1 amide bonds. The maximum Gasteiger partial charge on any atom is 0.258 e. The zero-order valence-electron chi connectivity index (χ0n) is 14.0. The van der Waals surface area contributed by atoms with E-state index in [1.165, 1.54) is 18.5 Å². The van der Waals surface area contributed by atoms with Crippen LogP contribution in [0.1, 0.15) is 21.5 Å². The van der Waals surface area contributed by atoms with Crippen molar-refractivity contribution >= 4 is 17.5 Å². The van der Waals surface area contributed by atoms with Crippen LogP contribution in [-0.2, 0) is 6.54 Å². The Morgan fingerprint density at radius 1 is 1.04 bits per heavy atom. The molecule has 0 radical (unpaired) electrons. The molecule has 0 saturated heterocycles. The molecule has 0 fully saturated rings. The smallest absolute Gasteiger partial charge is 0.258 e. The predicted molar refractivity (Wildman–Crippen MR) is 94.8 cm³/mol. The number of carbonyl (C=O) groups excluding carboxylic acids is 1. The number of aryl methyl sites for hydroxylation is 1. The maximum atomic E-state index is 13.2. The molecule has 132 valence electrons. The Bertz CT molecular complexity index is 929. The number of carbonyl (C=O) groups is 1. The summed E-state index contributed by atoms with van der Waals surface area (Å²) in [6, 6.07) is 11.2. The summed E-state index contributed by atoms with van der Waals surface area (Å²) in [6.45, 7) is 2.57. The molecule has 1 aromatic heterocycles. The standard InChI is InChI=1S/C19H16F2N4O/c1-12-3-2-4-13(7-12)9-22-19-23-10-14(11-24-19)18(26)25-15-5-6-16(20)17(21)8-15/h2-8,10-11H,9H2,1H3,(H,25,26)(H,22,23,24). The molecule has 26 heavy (non-hydrogen) atoms. The third kappa shape index (κ3) is 4.38. The van der Waals surface area contributed by atoms with Gasteiger partial charge in [0.15, 0.2) is 11.6 Å². The highest BCUT2D eigenvalue weighted by Crippen LogP contribution is 2.14. The number of nitrogens with zero attached hydrogens (tertiary/aromatic N) is 2. The number of hydrogen-bond donors (Lipinski definition) is 2. The maximum absolute atomic E-state index is 13.2. The van der Waals surface area contributed by atoms with Gasteiger partial charge in [-0.1, -0.05) is 29.8 Å². The minimum absolute atomic E-state index is 0.149. The summed E-state index contributed by atoms with van der Waals surface area (Å²) < 4.78 is 26.1. The number of aromatic nitrogens is 2. The van der Waals surface area contributed by atoms with Gasteiger partial charge in [0, 0.05) is 30.7 Å². The van der Waals surface area contributed by atoms with Crippen molar-refractivity contribution in [1.29, 1.82) is 0 Å².